The van der Waals surface area contributed by atoms with E-state index in [9.17, 15) is 32.9 Å². The lowest BCUT2D eigenvalue weighted by Gasteiger charge is -2.29. The van der Waals surface area contributed by atoms with Gasteiger partial charge in [-0.25, -0.2) is 9.59 Å². The molecule has 1 aliphatic rings. The number of ether oxygens (including phenoxy) is 3. The largest absolute Gasteiger partial charge is 0.573 e. The van der Waals surface area contributed by atoms with E-state index in [-0.39, 0.29) is 10.2 Å². The van der Waals surface area contributed by atoms with Crippen LogP contribution < -0.4 is 10.1 Å². The van der Waals surface area contributed by atoms with Gasteiger partial charge in [-0.1, -0.05) is 0 Å². The maximum Gasteiger partial charge on any atom is 0.573 e. The minimum atomic E-state index is -5.05. The van der Waals surface area contributed by atoms with Crippen molar-refractivity contribution in [3.05, 3.63) is 38.5 Å². The lowest BCUT2D eigenvalue weighted by Crippen LogP contribution is -2.42. The van der Waals surface area contributed by atoms with Crippen LogP contribution in [0.3, 0.4) is 0 Å². The highest BCUT2D eigenvalue weighted by atomic mass is 79.9. The number of nitrogens with one attached hydrogen (secondary N) is 1. The number of cyclic esters (lactones) is 2. The van der Waals surface area contributed by atoms with Crippen molar-refractivity contribution >= 4 is 39.2 Å². The zero-order valence-electron chi connectivity index (χ0n) is 13.5. The second-order valence-electron chi connectivity index (χ2n) is 5.49. The molecular formula is C14H10BrF3N2O7. The van der Waals surface area contributed by atoms with Crippen LogP contribution in [0.5, 0.6) is 5.75 Å². The van der Waals surface area contributed by atoms with Crippen molar-refractivity contribution in [3.8, 4) is 5.75 Å². The molecule has 0 atom stereocenters. The van der Waals surface area contributed by atoms with E-state index in [1.807, 2.05) is 0 Å². The molecule has 1 aromatic rings. The van der Waals surface area contributed by atoms with E-state index >= 15 is 0 Å². The van der Waals surface area contributed by atoms with Crippen molar-refractivity contribution < 1.29 is 41.9 Å². The lowest BCUT2D eigenvalue weighted by atomic mass is 10.2. The van der Waals surface area contributed by atoms with Gasteiger partial charge in [-0.05, 0) is 22.0 Å². The molecule has 2 rings (SSSR count). The molecule has 0 amide bonds. The Kier molecular flexibility index (Phi) is 5.35. The number of nitro groups is 1. The summed E-state index contributed by atoms with van der Waals surface area (Å²) in [5, 5.41) is 13.5. The van der Waals surface area contributed by atoms with Crippen LogP contribution in [0, 0.1) is 10.1 Å². The maximum atomic E-state index is 12.3. The first-order valence-electron chi connectivity index (χ1n) is 6.96. The summed E-state index contributed by atoms with van der Waals surface area (Å²) in [5.41, 5.74) is -1.73. The summed E-state index contributed by atoms with van der Waals surface area (Å²) in [6.07, 6.45) is -4.26. The Bertz CT molecular complexity index is 830. The molecule has 13 heteroatoms. The number of carbonyl (C=O) groups excluding carboxylic acids is 2. The zero-order valence-corrected chi connectivity index (χ0v) is 15.1. The van der Waals surface area contributed by atoms with Crippen LogP contribution in [0.15, 0.2) is 28.4 Å². The highest BCUT2D eigenvalue weighted by molar-refractivity contribution is 9.10. The number of halogens is 4. The average molecular weight is 455 g/mol. The number of rotatable bonds is 4. The van der Waals surface area contributed by atoms with E-state index < -0.39 is 46.0 Å². The Morgan fingerprint density at radius 2 is 1.81 bits per heavy atom. The van der Waals surface area contributed by atoms with E-state index in [0.717, 1.165) is 12.3 Å². The van der Waals surface area contributed by atoms with Gasteiger partial charge in [0.15, 0.2) is 5.57 Å². The summed E-state index contributed by atoms with van der Waals surface area (Å²) in [4.78, 5) is 33.9. The zero-order chi connectivity index (χ0) is 20.6. The van der Waals surface area contributed by atoms with Crippen molar-refractivity contribution in [2.45, 2.75) is 26.0 Å². The predicted octanol–water partition coefficient (Wildman–Crippen LogP) is 3.39. The van der Waals surface area contributed by atoms with Crippen molar-refractivity contribution in [2.75, 3.05) is 5.32 Å². The standard InChI is InChI=1S/C14H10BrF3N2O7/c1-13(2)26-11(21)7(12(22)27-13)5-19-10-8(15)3-6(25-14(16,17)18)4-9(10)20(23)24/h3-5,19H,1-2H3. The maximum absolute atomic E-state index is 12.3. The Morgan fingerprint density at radius 3 is 2.30 bits per heavy atom. The van der Waals surface area contributed by atoms with Gasteiger partial charge in [0.2, 0.25) is 0 Å². The second-order valence-corrected chi connectivity index (χ2v) is 6.34. The third-order valence-corrected chi connectivity index (χ3v) is 3.58. The molecule has 27 heavy (non-hydrogen) atoms. The van der Waals surface area contributed by atoms with Gasteiger partial charge in [-0.2, -0.15) is 0 Å². The number of hydrogen-bond acceptors (Lipinski definition) is 8. The topological polar surface area (TPSA) is 117 Å². The predicted molar refractivity (Wildman–Crippen MR) is 85.4 cm³/mol. The fraction of sp³-hybridized carbons (Fsp3) is 0.286. The normalized spacial score (nSPS) is 16.3. The number of alkyl halides is 3. The fourth-order valence-electron chi connectivity index (χ4n) is 1.97. The Hall–Kier alpha value is -2.83. The van der Waals surface area contributed by atoms with Crippen LogP contribution in [0.2, 0.25) is 0 Å². The van der Waals surface area contributed by atoms with Crippen LogP contribution in [0.1, 0.15) is 13.8 Å². The van der Waals surface area contributed by atoms with E-state index in [4.69, 9.17) is 9.47 Å². The van der Waals surface area contributed by atoms with Gasteiger partial charge >= 0.3 is 18.3 Å². The van der Waals surface area contributed by atoms with Gasteiger partial charge in [0.05, 0.1) is 15.5 Å². The van der Waals surface area contributed by atoms with Crippen molar-refractivity contribution in [1.29, 1.82) is 0 Å². The molecule has 1 aromatic carbocycles. The molecule has 0 spiro atoms. The number of esters is 2. The number of nitrogens with zero attached hydrogens (tertiary/aromatic N) is 1. The first kappa shape index (κ1) is 20.5. The summed E-state index contributed by atoms with van der Waals surface area (Å²) in [6.45, 7) is 2.65. The third-order valence-electron chi connectivity index (χ3n) is 2.95. The first-order valence-corrected chi connectivity index (χ1v) is 7.75. The average Bonchev–Trinajstić information content (AvgIpc) is 2.44. The van der Waals surface area contributed by atoms with Gasteiger partial charge in [0.1, 0.15) is 11.4 Å². The number of carbonyl (C=O) groups is 2. The van der Waals surface area contributed by atoms with Gasteiger partial charge in [0, 0.05) is 20.0 Å². The van der Waals surface area contributed by atoms with Gasteiger partial charge in [-0.3, -0.25) is 10.1 Å². The Morgan fingerprint density at radius 1 is 1.26 bits per heavy atom. The molecule has 1 N–H and O–H groups in total. The summed E-state index contributed by atoms with van der Waals surface area (Å²) in [6, 6.07) is 1.35. The van der Waals surface area contributed by atoms with Crippen LogP contribution in [-0.4, -0.2) is 29.0 Å². The smallest absolute Gasteiger partial charge is 0.419 e. The van der Waals surface area contributed by atoms with E-state index in [1.54, 1.807) is 0 Å². The molecule has 1 saturated heterocycles. The van der Waals surface area contributed by atoms with Crippen LogP contribution in [0.25, 0.3) is 0 Å². The SMILES string of the molecule is CC1(C)OC(=O)C(=CNc2c(Br)cc(OC(F)(F)F)cc2[N+](=O)[O-])C(=O)O1. The molecule has 0 unspecified atom stereocenters. The summed E-state index contributed by atoms with van der Waals surface area (Å²) < 4.78 is 50.1. The highest BCUT2D eigenvalue weighted by Gasteiger charge is 2.39. The van der Waals surface area contributed by atoms with E-state index in [2.05, 4.69) is 26.0 Å². The summed E-state index contributed by atoms with van der Waals surface area (Å²) in [7, 11) is 0. The number of hydrogen-bond donors (Lipinski definition) is 1. The Labute approximate surface area is 157 Å². The molecule has 0 bridgehead atoms. The molecule has 0 saturated carbocycles. The molecule has 0 aliphatic carbocycles. The van der Waals surface area contributed by atoms with E-state index in [1.165, 1.54) is 13.8 Å². The van der Waals surface area contributed by atoms with Crippen LogP contribution >= 0.6 is 15.9 Å². The molecule has 1 aliphatic heterocycles. The van der Waals surface area contributed by atoms with Crippen molar-refractivity contribution in [2.24, 2.45) is 0 Å². The van der Waals surface area contributed by atoms with Gasteiger partial charge in [-0.15, -0.1) is 13.2 Å². The monoisotopic (exact) mass is 454 g/mol. The Balaban J connectivity index is 2.37. The van der Waals surface area contributed by atoms with Gasteiger partial charge < -0.3 is 19.5 Å². The number of benzene rings is 1. The molecule has 0 radical (unpaired) electrons. The third kappa shape index (κ3) is 5.09. The summed E-state index contributed by atoms with van der Waals surface area (Å²) >= 11 is 2.87. The van der Waals surface area contributed by atoms with Gasteiger partial charge in [0.25, 0.3) is 11.5 Å². The fourth-order valence-corrected chi connectivity index (χ4v) is 2.51. The van der Waals surface area contributed by atoms with Crippen molar-refractivity contribution in [3.63, 3.8) is 0 Å². The molecule has 1 heterocycles. The molecule has 0 aromatic heterocycles. The molecule has 146 valence electrons. The van der Waals surface area contributed by atoms with Crippen LogP contribution in [0.4, 0.5) is 24.5 Å². The van der Waals surface area contributed by atoms with Crippen LogP contribution in [-0.2, 0) is 19.1 Å². The minimum absolute atomic E-state index is 0.189. The van der Waals surface area contributed by atoms with Crippen molar-refractivity contribution in [1.82, 2.24) is 0 Å². The van der Waals surface area contributed by atoms with E-state index in [0.29, 0.717) is 6.07 Å². The number of nitro benzene ring substituents is 1. The molecular weight excluding hydrogens is 445 g/mol. The minimum Gasteiger partial charge on any atom is -0.419 e. The molecule has 9 nitrogen and oxygen atoms in total. The second kappa shape index (κ2) is 7.06. The first-order chi connectivity index (χ1) is 12.3. The molecule has 1 fully saturated rings. The highest BCUT2D eigenvalue weighted by Crippen LogP contribution is 2.38. The quantitative estimate of drug-likeness (QED) is 0.242. The number of anilines is 1. The summed E-state index contributed by atoms with van der Waals surface area (Å²) in [5.74, 6) is -4.40. The lowest BCUT2D eigenvalue weighted by molar-refractivity contribution is -0.384.